The van der Waals surface area contributed by atoms with E-state index in [1.165, 1.54) is 0 Å². The van der Waals surface area contributed by atoms with Gasteiger partial charge in [-0.1, -0.05) is 22.5 Å². The van der Waals surface area contributed by atoms with Crippen LogP contribution in [0.1, 0.15) is 0 Å². The fraction of sp³-hybridized carbons (Fsp3) is 0. The molecule has 0 saturated carbocycles. The minimum Gasteiger partial charge on any atom is -0.411 e. The molecule has 0 saturated heterocycles. The van der Waals surface area contributed by atoms with Crippen molar-refractivity contribution in [2.24, 2.45) is 0 Å². The molecule has 0 aromatic heterocycles. The molecule has 0 aliphatic heterocycles. The van der Waals surface area contributed by atoms with E-state index in [2.05, 4.69) is 30.2 Å². The normalized spacial score (nSPS) is 8.00. The first-order valence-corrected chi connectivity index (χ1v) is 3.64. The largest absolute Gasteiger partial charge is 0.411 e. The van der Waals surface area contributed by atoms with Gasteiger partial charge < -0.3 is 30.2 Å². The Balaban J connectivity index is 0.000001000. The maximum absolute atomic E-state index is 4.68. The number of hydrogen-bond acceptors (Lipinski definition) is 2. The number of para-hydroxylation sites is 1. The van der Waals surface area contributed by atoms with Gasteiger partial charge in [-0.3, -0.25) is 0 Å². The van der Waals surface area contributed by atoms with Gasteiger partial charge in [0, 0.05) is 26.8 Å². The van der Waals surface area contributed by atoms with E-state index in [0.717, 1.165) is 5.69 Å². The van der Waals surface area contributed by atoms with Gasteiger partial charge in [-0.05, 0) is 12.1 Å². The molecule has 1 nitrogen and oxygen atoms in total. The van der Waals surface area contributed by atoms with Crippen LogP contribution >= 0.6 is 12.2 Å². The van der Waals surface area contributed by atoms with Crippen molar-refractivity contribution in [2.75, 3.05) is 5.32 Å². The van der Waals surface area contributed by atoms with Gasteiger partial charge in [-0.25, -0.2) is 0 Å². The molecule has 0 fully saturated rings. The van der Waals surface area contributed by atoms with Crippen LogP contribution in [0, 0.1) is 0 Å². The summed E-state index contributed by atoms with van der Waals surface area (Å²) in [5.41, 5.74) is 0.947. The summed E-state index contributed by atoms with van der Waals surface area (Å²) in [4.78, 5) is 0. The van der Waals surface area contributed by atoms with Crippen LogP contribution in [0.15, 0.2) is 30.3 Å². The molecule has 0 aliphatic carbocycles. The fourth-order valence-corrected chi connectivity index (χ4v) is 0.875. The topological polar surface area (TPSA) is 12.0 Å². The summed E-state index contributed by atoms with van der Waals surface area (Å²) in [5, 5.41) is 2.85. The summed E-state index contributed by atoms with van der Waals surface area (Å²) >= 11 is 9.36. The maximum Gasteiger partial charge on any atom is 0.0371 e. The quantitative estimate of drug-likeness (QED) is 0.473. The molecule has 58 valence electrons. The van der Waals surface area contributed by atoms with Crippen molar-refractivity contribution in [1.29, 1.82) is 0 Å². The van der Waals surface area contributed by atoms with Crippen molar-refractivity contribution in [3.8, 4) is 0 Å². The summed E-state index contributed by atoms with van der Waals surface area (Å²) in [7, 11) is 0. The zero-order valence-electron chi connectivity index (χ0n) is 5.61. The Kier molecular flexibility index (Phi) is 5.65. The Bertz CT molecular complexity index is 225. The van der Waals surface area contributed by atoms with Crippen LogP contribution in [0.25, 0.3) is 0 Å². The summed E-state index contributed by atoms with van der Waals surface area (Å²) in [6.45, 7) is 0. The van der Waals surface area contributed by atoms with Gasteiger partial charge in [0.25, 0.3) is 0 Å². The third kappa shape index (κ3) is 4.46. The van der Waals surface area contributed by atoms with E-state index in [-0.39, 0.29) is 21.1 Å². The molecule has 1 aromatic rings. The van der Waals surface area contributed by atoms with Crippen LogP contribution in [-0.2, 0) is 33.7 Å². The first kappa shape index (κ1) is 11.0. The fourth-order valence-electron chi connectivity index (χ4n) is 0.639. The molecule has 1 aromatic carbocycles. The van der Waals surface area contributed by atoms with Crippen molar-refractivity contribution in [2.45, 2.75) is 0 Å². The number of anilines is 1. The van der Waals surface area contributed by atoms with E-state index in [1.807, 2.05) is 30.3 Å². The van der Waals surface area contributed by atoms with Crippen LogP contribution in [-0.4, -0.2) is 4.32 Å². The van der Waals surface area contributed by atoms with E-state index in [1.54, 1.807) is 0 Å². The second-order valence-corrected chi connectivity index (χ2v) is 2.85. The van der Waals surface area contributed by atoms with Crippen LogP contribution in [0.4, 0.5) is 5.69 Å². The van der Waals surface area contributed by atoms with Crippen molar-refractivity contribution >= 4 is 34.9 Å². The maximum atomic E-state index is 4.68. The molecule has 0 atom stereocenters. The molecule has 1 N–H and O–H groups in total. The zero-order valence-corrected chi connectivity index (χ0v) is 9.25. The van der Waals surface area contributed by atoms with Gasteiger partial charge in [-0.15, -0.1) is 0 Å². The van der Waals surface area contributed by atoms with E-state index in [0.29, 0.717) is 4.32 Å². The second-order valence-electron chi connectivity index (χ2n) is 1.78. The average Bonchev–Trinajstić information content (AvgIpc) is 1.88. The van der Waals surface area contributed by atoms with E-state index in [9.17, 15) is 0 Å². The van der Waals surface area contributed by atoms with Gasteiger partial charge >= 0.3 is 0 Å². The number of thiocarbonyl (C=S) groups is 1. The molecule has 0 spiro atoms. The monoisotopic (exact) mass is 266 g/mol. The predicted octanol–water partition coefficient (Wildman–Crippen LogP) is 1.93. The number of nitrogens with one attached hydrogen (secondary N) is 1. The molecule has 0 unspecified atom stereocenters. The van der Waals surface area contributed by atoms with Crippen LogP contribution in [0.5, 0.6) is 0 Å². The third-order valence-electron chi connectivity index (χ3n) is 1.02. The standard InChI is InChI=1S/C7H7NS2.Mo/c9-7(10)8-6-4-2-1-3-5-6;/h1-5H,(H2,8,9,10);/p-1. The predicted molar refractivity (Wildman–Crippen MR) is 50.0 cm³/mol. The number of benzene rings is 1. The zero-order chi connectivity index (χ0) is 7.40. The number of rotatable bonds is 1. The SMILES string of the molecule is S=C([S-])Nc1ccccc1.[Mo]. The van der Waals surface area contributed by atoms with Gasteiger partial charge in [0.1, 0.15) is 0 Å². The molecule has 0 aliphatic rings. The van der Waals surface area contributed by atoms with Gasteiger partial charge in [0.2, 0.25) is 0 Å². The molecule has 11 heavy (non-hydrogen) atoms. The second kappa shape index (κ2) is 5.64. The first-order valence-electron chi connectivity index (χ1n) is 2.82. The van der Waals surface area contributed by atoms with E-state index < -0.39 is 0 Å². The summed E-state index contributed by atoms with van der Waals surface area (Å²) < 4.78 is 0.381. The summed E-state index contributed by atoms with van der Waals surface area (Å²) in [6, 6.07) is 9.63. The molecule has 0 bridgehead atoms. The minimum atomic E-state index is 0. The van der Waals surface area contributed by atoms with Crippen molar-refractivity contribution < 1.29 is 21.1 Å². The molecular weight excluding hydrogens is 258 g/mol. The van der Waals surface area contributed by atoms with Gasteiger partial charge in [0.05, 0.1) is 0 Å². The number of hydrogen-bond donors (Lipinski definition) is 1. The average molecular weight is 264 g/mol. The minimum absolute atomic E-state index is 0. The van der Waals surface area contributed by atoms with Crippen molar-refractivity contribution in [3.63, 3.8) is 0 Å². The molecule has 0 heterocycles. The molecule has 1 rings (SSSR count). The van der Waals surface area contributed by atoms with Crippen molar-refractivity contribution in [3.05, 3.63) is 30.3 Å². The van der Waals surface area contributed by atoms with Crippen molar-refractivity contribution in [1.82, 2.24) is 0 Å². The Hall–Kier alpha value is 0.0183. The summed E-state index contributed by atoms with van der Waals surface area (Å²) in [6.07, 6.45) is 0. The van der Waals surface area contributed by atoms with E-state index in [4.69, 9.17) is 0 Å². The third-order valence-corrected chi connectivity index (χ3v) is 1.22. The van der Waals surface area contributed by atoms with Crippen LogP contribution < -0.4 is 5.32 Å². The first-order chi connectivity index (χ1) is 4.79. The molecule has 0 radical (unpaired) electrons. The van der Waals surface area contributed by atoms with Gasteiger partial charge in [-0.2, -0.15) is 0 Å². The van der Waals surface area contributed by atoms with Gasteiger partial charge in [0.15, 0.2) is 0 Å². The van der Waals surface area contributed by atoms with Crippen LogP contribution in [0.3, 0.4) is 0 Å². The smallest absolute Gasteiger partial charge is 0.0371 e. The van der Waals surface area contributed by atoms with Crippen LogP contribution in [0.2, 0.25) is 0 Å². The molecular formula is C7H6MoNS2-. The Morgan fingerprint density at radius 3 is 2.27 bits per heavy atom. The molecule has 4 heteroatoms. The Morgan fingerprint density at radius 1 is 1.27 bits per heavy atom. The summed E-state index contributed by atoms with van der Waals surface area (Å²) in [5.74, 6) is 0. The Morgan fingerprint density at radius 2 is 1.82 bits per heavy atom. The van der Waals surface area contributed by atoms with E-state index >= 15 is 0 Å². The molecule has 0 amide bonds. The Labute approximate surface area is 91.2 Å².